The Hall–Kier alpha value is -1.22. The molecule has 1 heterocycles. The SMILES string of the molecule is Cl.Cl.N#Cc1ccc(NCCN)nc1N. The average Bonchev–Trinajstić information content (AvgIpc) is 2.15. The van der Waals surface area contributed by atoms with Gasteiger partial charge >= 0.3 is 0 Å². The number of nitrogen functional groups attached to an aromatic ring is 1. The minimum atomic E-state index is 0. The van der Waals surface area contributed by atoms with Crippen LogP contribution in [0.4, 0.5) is 11.6 Å². The fraction of sp³-hybridized carbons (Fsp3) is 0.250. The van der Waals surface area contributed by atoms with E-state index in [1.54, 1.807) is 12.1 Å². The highest BCUT2D eigenvalue weighted by molar-refractivity contribution is 5.85. The summed E-state index contributed by atoms with van der Waals surface area (Å²) >= 11 is 0. The van der Waals surface area contributed by atoms with Gasteiger partial charge in [-0.25, -0.2) is 4.98 Å². The normalized spacial score (nSPS) is 8.00. The van der Waals surface area contributed by atoms with E-state index in [0.717, 1.165) is 0 Å². The first kappa shape index (κ1) is 16.2. The first-order valence-corrected chi connectivity index (χ1v) is 3.88. The second-order valence-corrected chi connectivity index (χ2v) is 2.46. The third-order valence-corrected chi connectivity index (χ3v) is 1.50. The Labute approximate surface area is 101 Å². The molecule has 7 heteroatoms. The van der Waals surface area contributed by atoms with Gasteiger partial charge in [0.2, 0.25) is 0 Å². The molecule has 1 aromatic rings. The van der Waals surface area contributed by atoms with Crippen molar-refractivity contribution in [2.75, 3.05) is 24.1 Å². The van der Waals surface area contributed by atoms with Crippen LogP contribution in [0.5, 0.6) is 0 Å². The predicted octanol–water partition coefficient (Wildman–Crippen LogP) is 0.750. The molecule has 0 aliphatic carbocycles. The van der Waals surface area contributed by atoms with Gasteiger partial charge in [-0.3, -0.25) is 0 Å². The number of pyridine rings is 1. The van der Waals surface area contributed by atoms with Gasteiger partial charge in [-0.1, -0.05) is 0 Å². The maximum atomic E-state index is 8.57. The molecule has 1 rings (SSSR count). The Kier molecular flexibility index (Phi) is 8.78. The average molecular weight is 250 g/mol. The van der Waals surface area contributed by atoms with E-state index in [4.69, 9.17) is 16.7 Å². The van der Waals surface area contributed by atoms with Gasteiger partial charge < -0.3 is 16.8 Å². The molecule has 0 amide bonds. The van der Waals surface area contributed by atoms with Gasteiger partial charge in [0.05, 0.1) is 5.56 Å². The zero-order valence-corrected chi connectivity index (χ0v) is 9.57. The standard InChI is InChI=1S/C8H11N5.2ClH/c9-3-4-12-7-2-1-6(5-10)8(11)13-7;;/h1-2H,3-4,9H2,(H3,11,12,13);2*1H. The Morgan fingerprint density at radius 2 is 2.07 bits per heavy atom. The number of hydrogen-bond donors (Lipinski definition) is 3. The molecule has 0 aliphatic heterocycles. The van der Waals surface area contributed by atoms with Gasteiger partial charge in [-0.2, -0.15) is 5.26 Å². The van der Waals surface area contributed by atoms with Crippen LogP contribution in [0.1, 0.15) is 5.56 Å². The third kappa shape index (κ3) is 4.70. The fourth-order valence-electron chi connectivity index (χ4n) is 0.868. The van der Waals surface area contributed by atoms with E-state index >= 15 is 0 Å². The van der Waals surface area contributed by atoms with Crippen molar-refractivity contribution in [2.45, 2.75) is 0 Å². The van der Waals surface area contributed by atoms with Crippen molar-refractivity contribution in [3.05, 3.63) is 17.7 Å². The number of nitrogens with two attached hydrogens (primary N) is 2. The van der Waals surface area contributed by atoms with Gasteiger partial charge in [0.15, 0.2) is 0 Å². The first-order chi connectivity index (χ1) is 6.27. The van der Waals surface area contributed by atoms with Gasteiger partial charge in [0.25, 0.3) is 0 Å². The van der Waals surface area contributed by atoms with E-state index in [1.165, 1.54) is 0 Å². The van der Waals surface area contributed by atoms with Crippen molar-refractivity contribution in [2.24, 2.45) is 5.73 Å². The lowest BCUT2D eigenvalue weighted by atomic mass is 10.3. The van der Waals surface area contributed by atoms with E-state index in [0.29, 0.717) is 24.5 Å². The molecule has 0 unspecified atom stereocenters. The lowest BCUT2D eigenvalue weighted by Crippen LogP contribution is -2.14. The van der Waals surface area contributed by atoms with E-state index in [2.05, 4.69) is 10.3 Å². The Morgan fingerprint density at radius 3 is 2.53 bits per heavy atom. The summed E-state index contributed by atoms with van der Waals surface area (Å²) < 4.78 is 0. The van der Waals surface area contributed by atoms with Crippen molar-refractivity contribution in [3.8, 4) is 6.07 Å². The van der Waals surface area contributed by atoms with Crippen LogP contribution in [0.25, 0.3) is 0 Å². The van der Waals surface area contributed by atoms with Gasteiger partial charge in [-0.15, -0.1) is 24.8 Å². The Morgan fingerprint density at radius 1 is 1.40 bits per heavy atom. The second-order valence-electron chi connectivity index (χ2n) is 2.46. The summed E-state index contributed by atoms with van der Waals surface area (Å²) in [5.74, 6) is 0.881. The molecule has 0 bridgehead atoms. The van der Waals surface area contributed by atoms with Gasteiger partial charge in [0, 0.05) is 13.1 Å². The molecule has 5 nitrogen and oxygen atoms in total. The lowest BCUT2D eigenvalue weighted by molar-refractivity contribution is 1.01. The number of hydrogen-bond acceptors (Lipinski definition) is 5. The third-order valence-electron chi connectivity index (χ3n) is 1.50. The number of nitrogens with zero attached hydrogens (tertiary/aromatic N) is 2. The topological polar surface area (TPSA) is 101 Å². The van der Waals surface area contributed by atoms with Crippen LogP contribution >= 0.6 is 24.8 Å². The van der Waals surface area contributed by atoms with E-state index in [1.807, 2.05) is 6.07 Å². The number of nitriles is 1. The van der Waals surface area contributed by atoms with Gasteiger partial charge in [-0.05, 0) is 12.1 Å². The van der Waals surface area contributed by atoms with Crippen LogP contribution in [0, 0.1) is 11.3 Å². The molecule has 0 radical (unpaired) electrons. The highest BCUT2D eigenvalue weighted by atomic mass is 35.5. The van der Waals surface area contributed by atoms with Crippen LogP contribution in [0.15, 0.2) is 12.1 Å². The van der Waals surface area contributed by atoms with Crippen molar-refractivity contribution < 1.29 is 0 Å². The molecule has 0 fully saturated rings. The van der Waals surface area contributed by atoms with Crippen molar-refractivity contribution in [1.82, 2.24) is 4.98 Å². The molecule has 15 heavy (non-hydrogen) atoms. The van der Waals surface area contributed by atoms with Crippen molar-refractivity contribution in [3.63, 3.8) is 0 Å². The Balaban J connectivity index is 0. The molecule has 0 aromatic carbocycles. The number of nitrogens with one attached hydrogen (secondary N) is 1. The maximum Gasteiger partial charge on any atom is 0.143 e. The molecule has 0 saturated carbocycles. The quantitative estimate of drug-likeness (QED) is 0.734. The van der Waals surface area contributed by atoms with Crippen LogP contribution in [-0.2, 0) is 0 Å². The van der Waals surface area contributed by atoms with Crippen LogP contribution < -0.4 is 16.8 Å². The molecule has 5 N–H and O–H groups in total. The molecular formula is C8H13Cl2N5. The number of rotatable bonds is 3. The van der Waals surface area contributed by atoms with Crippen LogP contribution in [0.2, 0.25) is 0 Å². The highest BCUT2D eigenvalue weighted by Crippen LogP contribution is 2.11. The number of halogens is 2. The summed E-state index contributed by atoms with van der Waals surface area (Å²) in [7, 11) is 0. The summed E-state index contributed by atoms with van der Waals surface area (Å²) in [6, 6.07) is 5.26. The minimum absolute atomic E-state index is 0. The van der Waals surface area contributed by atoms with Gasteiger partial charge in [0.1, 0.15) is 17.7 Å². The molecule has 84 valence electrons. The summed E-state index contributed by atoms with van der Waals surface area (Å²) in [5, 5.41) is 11.5. The first-order valence-electron chi connectivity index (χ1n) is 3.88. The predicted molar refractivity (Wildman–Crippen MR) is 65.4 cm³/mol. The molecule has 1 aromatic heterocycles. The summed E-state index contributed by atoms with van der Waals surface area (Å²) in [6.07, 6.45) is 0. The lowest BCUT2D eigenvalue weighted by Gasteiger charge is -2.04. The Bertz CT molecular complexity index is 336. The molecule has 0 spiro atoms. The minimum Gasteiger partial charge on any atom is -0.383 e. The molecular weight excluding hydrogens is 237 g/mol. The zero-order valence-electron chi connectivity index (χ0n) is 7.93. The number of anilines is 2. The van der Waals surface area contributed by atoms with Crippen LogP contribution in [0.3, 0.4) is 0 Å². The number of aromatic nitrogens is 1. The summed E-state index contributed by atoms with van der Waals surface area (Å²) in [4.78, 5) is 3.97. The summed E-state index contributed by atoms with van der Waals surface area (Å²) in [5.41, 5.74) is 11.2. The monoisotopic (exact) mass is 249 g/mol. The van der Waals surface area contributed by atoms with E-state index in [9.17, 15) is 0 Å². The molecule has 0 saturated heterocycles. The van der Waals surface area contributed by atoms with E-state index < -0.39 is 0 Å². The highest BCUT2D eigenvalue weighted by Gasteiger charge is 1.99. The smallest absolute Gasteiger partial charge is 0.143 e. The maximum absolute atomic E-state index is 8.57. The van der Waals surface area contributed by atoms with Crippen molar-refractivity contribution >= 4 is 36.4 Å². The fourth-order valence-corrected chi connectivity index (χ4v) is 0.868. The second kappa shape index (κ2) is 8.12. The molecule has 0 atom stereocenters. The summed E-state index contributed by atoms with van der Waals surface area (Å²) in [6.45, 7) is 1.17. The zero-order chi connectivity index (χ0) is 9.68. The van der Waals surface area contributed by atoms with Crippen LogP contribution in [-0.4, -0.2) is 18.1 Å². The van der Waals surface area contributed by atoms with E-state index in [-0.39, 0.29) is 30.6 Å². The largest absolute Gasteiger partial charge is 0.383 e. The van der Waals surface area contributed by atoms with Crippen molar-refractivity contribution in [1.29, 1.82) is 5.26 Å². The molecule has 0 aliphatic rings.